The predicted molar refractivity (Wildman–Crippen MR) is 119 cm³/mol. The molecule has 0 bridgehead atoms. The molecule has 29 heavy (non-hydrogen) atoms. The zero-order valence-corrected chi connectivity index (χ0v) is 16.7. The Morgan fingerprint density at radius 2 is 1.21 bits per heavy atom. The molecule has 0 spiro atoms. The van der Waals surface area contributed by atoms with Gasteiger partial charge in [0.2, 0.25) is 0 Å². The van der Waals surface area contributed by atoms with Crippen LogP contribution in [0.3, 0.4) is 0 Å². The van der Waals surface area contributed by atoms with Gasteiger partial charge in [-0.15, -0.1) is 0 Å². The Morgan fingerprint density at radius 3 is 1.72 bits per heavy atom. The quantitative estimate of drug-likeness (QED) is 0.660. The van der Waals surface area contributed by atoms with Crippen LogP contribution >= 0.6 is 0 Å². The second-order valence-corrected chi connectivity index (χ2v) is 7.24. The van der Waals surface area contributed by atoms with Gasteiger partial charge in [-0.2, -0.15) is 0 Å². The summed E-state index contributed by atoms with van der Waals surface area (Å²) < 4.78 is 11.7. The van der Waals surface area contributed by atoms with E-state index in [2.05, 4.69) is 95.1 Å². The summed E-state index contributed by atoms with van der Waals surface area (Å²) >= 11 is 0. The SMILES string of the molecule is c1ccc(CN(Cc2ccccc2)c2ccc(B3OCCNCCO3)cc2)cc1. The molecule has 0 amide bonds. The molecule has 1 saturated heterocycles. The zero-order chi connectivity index (χ0) is 19.7. The summed E-state index contributed by atoms with van der Waals surface area (Å²) in [5.41, 5.74) is 4.85. The Bertz CT molecular complexity index is 810. The average Bonchev–Trinajstić information content (AvgIpc) is 2.75. The highest BCUT2D eigenvalue weighted by Crippen LogP contribution is 2.20. The van der Waals surface area contributed by atoms with E-state index < -0.39 is 0 Å². The first kappa shape index (κ1) is 19.7. The molecule has 0 radical (unpaired) electrons. The van der Waals surface area contributed by atoms with Crippen LogP contribution in [0.25, 0.3) is 0 Å². The summed E-state index contributed by atoms with van der Waals surface area (Å²) in [6.45, 7) is 4.75. The molecule has 1 heterocycles. The van der Waals surface area contributed by atoms with Crippen molar-refractivity contribution in [3.63, 3.8) is 0 Å². The van der Waals surface area contributed by atoms with E-state index in [1.54, 1.807) is 0 Å². The summed E-state index contributed by atoms with van der Waals surface area (Å²) in [5, 5.41) is 3.27. The standard InChI is InChI=1S/C24H27BN2O2/c1-3-7-21(8-4-1)19-27(20-22-9-5-2-6-10-22)24-13-11-23(12-14-24)25-28-17-15-26-16-18-29-25/h1-14,26H,15-20H2. The lowest BCUT2D eigenvalue weighted by Crippen LogP contribution is -2.43. The van der Waals surface area contributed by atoms with Gasteiger partial charge in [0.1, 0.15) is 0 Å². The maximum Gasteiger partial charge on any atom is 0.493 e. The number of benzene rings is 3. The first-order valence-corrected chi connectivity index (χ1v) is 10.3. The van der Waals surface area contributed by atoms with E-state index in [1.807, 2.05) is 0 Å². The third-order valence-corrected chi connectivity index (χ3v) is 5.06. The molecule has 4 rings (SSSR count). The van der Waals surface area contributed by atoms with Gasteiger partial charge in [-0.1, -0.05) is 72.8 Å². The molecule has 1 fully saturated rings. The lowest BCUT2D eigenvalue weighted by Gasteiger charge is -2.26. The van der Waals surface area contributed by atoms with E-state index in [1.165, 1.54) is 16.8 Å². The van der Waals surface area contributed by atoms with E-state index in [0.717, 1.165) is 31.6 Å². The van der Waals surface area contributed by atoms with Crippen molar-refractivity contribution in [1.82, 2.24) is 5.32 Å². The largest absolute Gasteiger partial charge is 0.493 e. The van der Waals surface area contributed by atoms with E-state index in [4.69, 9.17) is 9.31 Å². The van der Waals surface area contributed by atoms with Crippen molar-refractivity contribution in [2.24, 2.45) is 0 Å². The van der Waals surface area contributed by atoms with Gasteiger partial charge >= 0.3 is 7.12 Å². The Hall–Kier alpha value is -2.60. The highest BCUT2D eigenvalue weighted by molar-refractivity contribution is 6.61. The van der Waals surface area contributed by atoms with Crippen molar-refractivity contribution in [2.75, 3.05) is 31.2 Å². The minimum absolute atomic E-state index is 0.289. The lowest BCUT2D eigenvalue weighted by molar-refractivity contribution is 0.187. The van der Waals surface area contributed by atoms with Crippen molar-refractivity contribution in [2.45, 2.75) is 13.1 Å². The predicted octanol–water partition coefficient (Wildman–Crippen LogP) is 3.23. The first-order chi connectivity index (χ1) is 14.4. The van der Waals surface area contributed by atoms with E-state index in [-0.39, 0.29) is 7.12 Å². The summed E-state index contributed by atoms with van der Waals surface area (Å²) in [7, 11) is -0.289. The van der Waals surface area contributed by atoms with E-state index in [9.17, 15) is 0 Å². The molecular formula is C24H27BN2O2. The average molecular weight is 386 g/mol. The molecule has 148 valence electrons. The first-order valence-electron chi connectivity index (χ1n) is 10.3. The molecule has 5 heteroatoms. The fraction of sp³-hybridized carbons (Fsp3) is 0.250. The summed E-state index contributed by atoms with van der Waals surface area (Å²) in [5.74, 6) is 0. The Morgan fingerprint density at radius 1 is 0.690 bits per heavy atom. The fourth-order valence-electron chi connectivity index (χ4n) is 3.53. The van der Waals surface area contributed by atoms with Gasteiger partial charge in [0, 0.05) is 45.1 Å². The maximum atomic E-state index is 5.86. The van der Waals surface area contributed by atoms with Crippen LogP contribution in [0.5, 0.6) is 0 Å². The van der Waals surface area contributed by atoms with Crippen molar-refractivity contribution >= 4 is 18.3 Å². The van der Waals surface area contributed by atoms with Crippen LogP contribution in [0.1, 0.15) is 11.1 Å². The van der Waals surface area contributed by atoms with Crippen LogP contribution in [0.4, 0.5) is 5.69 Å². The van der Waals surface area contributed by atoms with Gasteiger partial charge < -0.3 is 19.5 Å². The van der Waals surface area contributed by atoms with Crippen LogP contribution in [0.15, 0.2) is 84.9 Å². The molecule has 4 nitrogen and oxygen atoms in total. The Balaban J connectivity index is 1.53. The van der Waals surface area contributed by atoms with Gasteiger partial charge in [0.15, 0.2) is 0 Å². The van der Waals surface area contributed by atoms with E-state index >= 15 is 0 Å². The molecule has 1 N–H and O–H groups in total. The Labute approximate surface area is 173 Å². The summed E-state index contributed by atoms with van der Waals surface area (Å²) in [6, 6.07) is 29.8. The van der Waals surface area contributed by atoms with Gasteiger partial charge in [-0.25, -0.2) is 0 Å². The smallest absolute Gasteiger partial charge is 0.406 e. The second kappa shape index (κ2) is 10.3. The third kappa shape index (κ3) is 5.70. The number of nitrogens with zero attached hydrogens (tertiary/aromatic N) is 1. The highest BCUT2D eigenvalue weighted by Gasteiger charge is 2.22. The van der Waals surface area contributed by atoms with Crippen LogP contribution in [0, 0.1) is 0 Å². The molecule has 0 aromatic heterocycles. The molecular weight excluding hydrogens is 359 g/mol. The zero-order valence-electron chi connectivity index (χ0n) is 16.7. The lowest BCUT2D eigenvalue weighted by atomic mass is 9.78. The van der Waals surface area contributed by atoms with Crippen LogP contribution < -0.4 is 15.7 Å². The highest BCUT2D eigenvalue weighted by atomic mass is 16.6. The fourth-order valence-corrected chi connectivity index (χ4v) is 3.53. The summed E-state index contributed by atoms with van der Waals surface area (Å²) in [6.07, 6.45) is 0. The third-order valence-electron chi connectivity index (χ3n) is 5.06. The number of anilines is 1. The van der Waals surface area contributed by atoms with Crippen molar-refractivity contribution < 1.29 is 9.31 Å². The van der Waals surface area contributed by atoms with Crippen molar-refractivity contribution in [3.8, 4) is 0 Å². The topological polar surface area (TPSA) is 33.7 Å². The van der Waals surface area contributed by atoms with Crippen LogP contribution in [0.2, 0.25) is 0 Å². The molecule has 3 aromatic rings. The van der Waals surface area contributed by atoms with E-state index in [0.29, 0.717) is 13.2 Å². The minimum Gasteiger partial charge on any atom is -0.406 e. The van der Waals surface area contributed by atoms with Gasteiger partial charge in [0.25, 0.3) is 0 Å². The van der Waals surface area contributed by atoms with Crippen molar-refractivity contribution in [3.05, 3.63) is 96.1 Å². The molecule has 1 aliphatic rings. The number of hydrogen-bond acceptors (Lipinski definition) is 4. The molecule has 0 aliphatic carbocycles. The normalized spacial score (nSPS) is 14.8. The van der Waals surface area contributed by atoms with Crippen LogP contribution in [-0.2, 0) is 22.4 Å². The van der Waals surface area contributed by atoms with Crippen molar-refractivity contribution in [1.29, 1.82) is 0 Å². The molecule has 0 unspecified atom stereocenters. The van der Waals surface area contributed by atoms with Gasteiger partial charge in [0.05, 0.1) is 0 Å². The van der Waals surface area contributed by atoms with Gasteiger partial charge in [-0.3, -0.25) is 0 Å². The van der Waals surface area contributed by atoms with Crippen LogP contribution in [-0.4, -0.2) is 33.4 Å². The Kier molecular flexibility index (Phi) is 6.97. The molecule has 0 saturated carbocycles. The van der Waals surface area contributed by atoms with Gasteiger partial charge in [-0.05, 0) is 28.7 Å². The molecule has 0 atom stereocenters. The maximum absolute atomic E-state index is 5.86. The summed E-state index contributed by atoms with van der Waals surface area (Å²) in [4.78, 5) is 2.40. The molecule has 3 aromatic carbocycles. The number of nitrogens with one attached hydrogen (secondary N) is 1. The second-order valence-electron chi connectivity index (χ2n) is 7.24. The minimum atomic E-state index is -0.289. The number of hydrogen-bond donors (Lipinski definition) is 1. The monoisotopic (exact) mass is 386 g/mol. The number of rotatable bonds is 6. The molecule has 1 aliphatic heterocycles.